The van der Waals surface area contributed by atoms with Gasteiger partial charge in [-0.05, 0) is 26.0 Å². The lowest BCUT2D eigenvalue weighted by Gasteiger charge is -2.22. The maximum atomic E-state index is 8.47. The molecule has 1 aromatic carbocycles. The van der Waals surface area contributed by atoms with Gasteiger partial charge in [0.2, 0.25) is 0 Å². The van der Waals surface area contributed by atoms with Crippen molar-refractivity contribution in [3.63, 3.8) is 0 Å². The molecule has 1 aromatic rings. The first kappa shape index (κ1) is 12.4. The minimum Gasteiger partial charge on any atom is -0.409 e. The maximum absolute atomic E-state index is 8.47. The van der Waals surface area contributed by atoms with Crippen LogP contribution >= 0.6 is 0 Å². The standard InChI is InChI=1S/C12H19N3O/c1-3-15(9-8-12(13)14-16)11-6-4-10(2)5-7-11/h4-7,16H,3,8-9H2,1-2H3,(H2,13,14). The van der Waals surface area contributed by atoms with Crippen molar-refractivity contribution in [3.05, 3.63) is 29.8 Å². The molecule has 4 nitrogen and oxygen atoms in total. The first-order valence-electron chi connectivity index (χ1n) is 5.45. The van der Waals surface area contributed by atoms with Gasteiger partial charge in [-0.25, -0.2) is 0 Å². The van der Waals surface area contributed by atoms with Crippen molar-refractivity contribution in [1.29, 1.82) is 0 Å². The van der Waals surface area contributed by atoms with Crippen LogP contribution in [0.1, 0.15) is 18.9 Å². The van der Waals surface area contributed by atoms with E-state index < -0.39 is 0 Å². The molecule has 0 heterocycles. The van der Waals surface area contributed by atoms with Gasteiger partial charge in [-0.2, -0.15) is 0 Å². The van der Waals surface area contributed by atoms with Crippen LogP contribution in [-0.2, 0) is 0 Å². The molecule has 0 saturated carbocycles. The minimum absolute atomic E-state index is 0.269. The summed E-state index contributed by atoms with van der Waals surface area (Å²) in [4.78, 5) is 2.19. The van der Waals surface area contributed by atoms with E-state index in [1.54, 1.807) is 0 Å². The molecule has 0 atom stereocenters. The van der Waals surface area contributed by atoms with Crippen molar-refractivity contribution in [2.24, 2.45) is 10.9 Å². The number of oxime groups is 1. The van der Waals surface area contributed by atoms with E-state index in [0.29, 0.717) is 6.42 Å². The quantitative estimate of drug-likeness (QED) is 0.346. The van der Waals surface area contributed by atoms with Crippen LogP contribution in [0.4, 0.5) is 5.69 Å². The molecular formula is C12H19N3O. The Hall–Kier alpha value is -1.71. The molecule has 0 saturated heterocycles. The van der Waals surface area contributed by atoms with Gasteiger partial charge in [0.1, 0.15) is 5.84 Å². The van der Waals surface area contributed by atoms with Crippen LogP contribution in [0.15, 0.2) is 29.4 Å². The zero-order chi connectivity index (χ0) is 12.0. The summed E-state index contributed by atoms with van der Waals surface area (Å²) >= 11 is 0. The van der Waals surface area contributed by atoms with Crippen molar-refractivity contribution in [2.75, 3.05) is 18.0 Å². The zero-order valence-corrected chi connectivity index (χ0v) is 9.85. The first-order valence-corrected chi connectivity index (χ1v) is 5.45. The molecule has 0 radical (unpaired) electrons. The SMILES string of the molecule is CCN(CCC(N)=NO)c1ccc(C)cc1. The number of rotatable bonds is 5. The Labute approximate surface area is 96.4 Å². The van der Waals surface area contributed by atoms with E-state index in [9.17, 15) is 0 Å². The number of amidine groups is 1. The molecule has 16 heavy (non-hydrogen) atoms. The van der Waals surface area contributed by atoms with Gasteiger partial charge in [0.15, 0.2) is 0 Å². The molecule has 0 aliphatic heterocycles. The molecular weight excluding hydrogens is 202 g/mol. The Bertz CT molecular complexity index is 346. The second kappa shape index (κ2) is 6.00. The molecule has 88 valence electrons. The van der Waals surface area contributed by atoms with Crippen LogP contribution in [-0.4, -0.2) is 24.1 Å². The van der Waals surface area contributed by atoms with E-state index >= 15 is 0 Å². The summed E-state index contributed by atoms with van der Waals surface area (Å²) in [6, 6.07) is 8.35. The van der Waals surface area contributed by atoms with Crippen molar-refractivity contribution in [1.82, 2.24) is 0 Å². The van der Waals surface area contributed by atoms with E-state index in [1.165, 1.54) is 11.3 Å². The topological polar surface area (TPSA) is 61.8 Å². The fourth-order valence-electron chi connectivity index (χ4n) is 1.52. The highest BCUT2D eigenvalue weighted by Gasteiger charge is 2.04. The highest BCUT2D eigenvalue weighted by Crippen LogP contribution is 2.14. The van der Waals surface area contributed by atoms with Gasteiger partial charge < -0.3 is 15.8 Å². The number of nitrogens with zero attached hydrogens (tertiary/aromatic N) is 2. The van der Waals surface area contributed by atoms with Crippen LogP contribution in [0.2, 0.25) is 0 Å². The highest BCUT2D eigenvalue weighted by atomic mass is 16.4. The second-order valence-electron chi connectivity index (χ2n) is 3.76. The average molecular weight is 221 g/mol. The van der Waals surface area contributed by atoms with Crippen LogP contribution in [0.3, 0.4) is 0 Å². The number of hydrogen-bond acceptors (Lipinski definition) is 3. The number of hydrogen-bond donors (Lipinski definition) is 2. The summed E-state index contributed by atoms with van der Waals surface area (Å²) in [5, 5.41) is 11.4. The number of nitrogens with two attached hydrogens (primary N) is 1. The molecule has 0 unspecified atom stereocenters. The van der Waals surface area contributed by atoms with E-state index in [0.717, 1.165) is 13.1 Å². The fourth-order valence-corrected chi connectivity index (χ4v) is 1.52. The minimum atomic E-state index is 0.269. The number of anilines is 1. The number of aryl methyl sites for hydroxylation is 1. The smallest absolute Gasteiger partial charge is 0.140 e. The predicted octanol–water partition coefficient (Wildman–Crippen LogP) is 1.96. The maximum Gasteiger partial charge on any atom is 0.140 e. The Morgan fingerprint density at radius 3 is 2.50 bits per heavy atom. The predicted molar refractivity (Wildman–Crippen MR) is 67.1 cm³/mol. The van der Waals surface area contributed by atoms with Crippen molar-refractivity contribution >= 4 is 11.5 Å². The van der Waals surface area contributed by atoms with Crippen LogP contribution < -0.4 is 10.6 Å². The molecule has 0 amide bonds. The van der Waals surface area contributed by atoms with E-state index in [2.05, 4.69) is 48.2 Å². The highest BCUT2D eigenvalue weighted by molar-refractivity contribution is 5.80. The molecule has 0 aromatic heterocycles. The van der Waals surface area contributed by atoms with E-state index in [-0.39, 0.29) is 5.84 Å². The summed E-state index contributed by atoms with van der Waals surface area (Å²) in [6.45, 7) is 5.82. The Balaban J connectivity index is 2.64. The Morgan fingerprint density at radius 1 is 1.38 bits per heavy atom. The van der Waals surface area contributed by atoms with Crippen molar-refractivity contribution in [2.45, 2.75) is 20.3 Å². The summed E-state index contributed by atoms with van der Waals surface area (Å²) in [7, 11) is 0. The molecule has 4 heteroatoms. The van der Waals surface area contributed by atoms with Gasteiger partial charge >= 0.3 is 0 Å². The van der Waals surface area contributed by atoms with Gasteiger partial charge in [0.05, 0.1) is 0 Å². The van der Waals surface area contributed by atoms with Crippen LogP contribution in [0.5, 0.6) is 0 Å². The third kappa shape index (κ3) is 3.46. The molecule has 0 fully saturated rings. The van der Waals surface area contributed by atoms with Crippen molar-refractivity contribution < 1.29 is 5.21 Å². The van der Waals surface area contributed by atoms with Gasteiger partial charge in [-0.1, -0.05) is 22.9 Å². The summed E-state index contributed by atoms with van der Waals surface area (Å²) in [5.74, 6) is 0.269. The third-order valence-electron chi connectivity index (χ3n) is 2.55. The first-order chi connectivity index (χ1) is 7.67. The Morgan fingerprint density at radius 2 is 2.00 bits per heavy atom. The molecule has 1 rings (SSSR count). The monoisotopic (exact) mass is 221 g/mol. The van der Waals surface area contributed by atoms with E-state index in [1.807, 2.05) is 0 Å². The average Bonchev–Trinajstić information content (AvgIpc) is 2.31. The molecule has 0 aliphatic rings. The third-order valence-corrected chi connectivity index (χ3v) is 2.55. The summed E-state index contributed by atoms with van der Waals surface area (Å²) < 4.78 is 0. The number of benzene rings is 1. The van der Waals surface area contributed by atoms with Gasteiger partial charge in [0, 0.05) is 25.2 Å². The van der Waals surface area contributed by atoms with E-state index in [4.69, 9.17) is 10.9 Å². The fraction of sp³-hybridized carbons (Fsp3) is 0.417. The molecule has 0 spiro atoms. The Kier molecular flexibility index (Phi) is 4.64. The second-order valence-corrected chi connectivity index (χ2v) is 3.76. The normalized spacial score (nSPS) is 11.5. The van der Waals surface area contributed by atoms with Gasteiger partial charge in [-0.3, -0.25) is 0 Å². The van der Waals surface area contributed by atoms with Crippen LogP contribution in [0.25, 0.3) is 0 Å². The van der Waals surface area contributed by atoms with Crippen molar-refractivity contribution in [3.8, 4) is 0 Å². The summed E-state index contributed by atoms with van der Waals surface area (Å²) in [6.07, 6.45) is 0.568. The summed E-state index contributed by atoms with van der Waals surface area (Å²) in [5.41, 5.74) is 7.86. The largest absolute Gasteiger partial charge is 0.409 e. The van der Waals surface area contributed by atoms with Gasteiger partial charge in [-0.15, -0.1) is 0 Å². The van der Waals surface area contributed by atoms with Crippen LogP contribution in [0, 0.1) is 6.92 Å². The molecule has 0 bridgehead atoms. The molecule has 3 N–H and O–H groups in total. The zero-order valence-electron chi connectivity index (χ0n) is 9.85. The lowest BCUT2D eigenvalue weighted by atomic mass is 10.2. The lowest BCUT2D eigenvalue weighted by Crippen LogP contribution is -2.27. The lowest BCUT2D eigenvalue weighted by molar-refractivity contribution is 0.317. The van der Waals surface area contributed by atoms with Gasteiger partial charge in [0.25, 0.3) is 0 Å². The molecule has 0 aliphatic carbocycles.